The third kappa shape index (κ3) is 5.06. The zero-order valence-electron chi connectivity index (χ0n) is 11.5. The van der Waals surface area contributed by atoms with Gasteiger partial charge in [-0.1, -0.05) is 11.6 Å². The minimum absolute atomic E-state index is 0.0451. The summed E-state index contributed by atoms with van der Waals surface area (Å²) in [6.07, 6.45) is 1.51. The maximum atomic E-state index is 11.5. The number of benzene rings is 1. The molecule has 6 heteroatoms. The Bertz CT molecular complexity index is 585. The Hall–Kier alpha value is -2.11. The topological polar surface area (TPSA) is 60.5 Å². The minimum atomic E-state index is -0.190. The first-order chi connectivity index (χ1) is 10.2. The second-order valence-corrected chi connectivity index (χ2v) is 4.56. The van der Waals surface area contributed by atoms with E-state index in [1.807, 2.05) is 6.92 Å². The largest absolute Gasteiger partial charge is 0.439 e. The average molecular weight is 307 g/mol. The highest BCUT2D eigenvalue weighted by Crippen LogP contribution is 2.22. The van der Waals surface area contributed by atoms with Crippen LogP contribution in [-0.4, -0.2) is 24.1 Å². The second kappa shape index (κ2) is 7.61. The lowest BCUT2D eigenvalue weighted by molar-refractivity contribution is -0.120. The molecule has 0 saturated heterocycles. The lowest BCUT2D eigenvalue weighted by Crippen LogP contribution is -2.18. The second-order valence-electron chi connectivity index (χ2n) is 4.13. The maximum absolute atomic E-state index is 11.5. The number of carbonyl (C=O) groups is 1. The number of anilines is 1. The van der Waals surface area contributed by atoms with Crippen LogP contribution in [0, 0.1) is 0 Å². The number of carbonyl (C=O) groups excluding carboxylic acids is 1. The number of hydrogen-bond acceptors (Lipinski definition) is 4. The van der Waals surface area contributed by atoms with Gasteiger partial charge in [-0.25, -0.2) is 4.98 Å². The van der Waals surface area contributed by atoms with Gasteiger partial charge in [0.2, 0.25) is 11.8 Å². The summed E-state index contributed by atoms with van der Waals surface area (Å²) in [6.45, 7) is 2.39. The van der Waals surface area contributed by atoms with Gasteiger partial charge in [-0.2, -0.15) is 0 Å². The molecule has 0 bridgehead atoms. The molecular weight excluding hydrogens is 292 g/mol. The van der Waals surface area contributed by atoms with E-state index in [0.717, 1.165) is 0 Å². The highest BCUT2D eigenvalue weighted by molar-refractivity contribution is 6.30. The Labute approximate surface area is 127 Å². The van der Waals surface area contributed by atoms with Crippen molar-refractivity contribution in [1.29, 1.82) is 0 Å². The normalized spacial score (nSPS) is 10.2. The van der Waals surface area contributed by atoms with Crippen molar-refractivity contribution < 1.29 is 14.3 Å². The number of ether oxygens (including phenoxy) is 2. The summed E-state index contributed by atoms with van der Waals surface area (Å²) in [6, 6.07) is 10.4. The van der Waals surface area contributed by atoms with E-state index < -0.39 is 0 Å². The van der Waals surface area contributed by atoms with Crippen molar-refractivity contribution in [1.82, 2.24) is 4.98 Å². The molecule has 2 rings (SSSR count). The van der Waals surface area contributed by atoms with Crippen LogP contribution in [-0.2, 0) is 9.53 Å². The summed E-state index contributed by atoms with van der Waals surface area (Å²) in [4.78, 5) is 15.5. The predicted molar refractivity (Wildman–Crippen MR) is 80.9 cm³/mol. The van der Waals surface area contributed by atoms with Crippen LogP contribution < -0.4 is 10.1 Å². The number of nitrogens with one attached hydrogen (secondary N) is 1. The van der Waals surface area contributed by atoms with Gasteiger partial charge in [0.1, 0.15) is 12.4 Å². The fourth-order valence-electron chi connectivity index (χ4n) is 1.54. The molecule has 1 heterocycles. The van der Waals surface area contributed by atoms with Crippen LogP contribution in [0.25, 0.3) is 0 Å². The minimum Gasteiger partial charge on any atom is -0.439 e. The molecule has 1 amide bonds. The number of nitrogens with zero attached hydrogens (tertiary/aromatic N) is 1. The van der Waals surface area contributed by atoms with Gasteiger partial charge in [-0.05, 0) is 37.3 Å². The van der Waals surface area contributed by atoms with E-state index in [4.69, 9.17) is 21.1 Å². The molecule has 1 N–H and O–H groups in total. The van der Waals surface area contributed by atoms with Gasteiger partial charge in [0, 0.05) is 24.6 Å². The predicted octanol–water partition coefficient (Wildman–Crippen LogP) is 3.50. The molecule has 21 heavy (non-hydrogen) atoms. The number of amides is 1. The Balaban J connectivity index is 1.92. The van der Waals surface area contributed by atoms with Crippen molar-refractivity contribution in [3.63, 3.8) is 0 Å². The summed E-state index contributed by atoms with van der Waals surface area (Å²) in [7, 11) is 0. The van der Waals surface area contributed by atoms with Gasteiger partial charge in [0.15, 0.2) is 0 Å². The van der Waals surface area contributed by atoms with Crippen molar-refractivity contribution >= 4 is 23.2 Å². The van der Waals surface area contributed by atoms with E-state index in [2.05, 4.69) is 10.3 Å². The van der Waals surface area contributed by atoms with E-state index >= 15 is 0 Å². The summed E-state index contributed by atoms with van der Waals surface area (Å²) < 4.78 is 10.6. The molecule has 0 atom stereocenters. The lowest BCUT2D eigenvalue weighted by atomic mass is 10.3. The van der Waals surface area contributed by atoms with Gasteiger partial charge in [0.05, 0.1) is 5.02 Å². The standard InChI is InChI=1S/C15H15ClN2O3/c1-2-20-10-14(19)18-12-4-6-13(7-5-12)21-15-8-3-11(16)9-17-15/h3-9H,2,10H2,1H3,(H,18,19). The highest BCUT2D eigenvalue weighted by atomic mass is 35.5. The van der Waals surface area contributed by atoms with Crippen LogP contribution in [0.5, 0.6) is 11.6 Å². The fraction of sp³-hybridized carbons (Fsp3) is 0.200. The molecule has 0 fully saturated rings. The molecule has 1 aromatic heterocycles. The van der Waals surface area contributed by atoms with Gasteiger partial charge in [0.25, 0.3) is 0 Å². The quantitative estimate of drug-likeness (QED) is 0.887. The van der Waals surface area contributed by atoms with Gasteiger partial charge in [-0.3, -0.25) is 4.79 Å². The van der Waals surface area contributed by atoms with E-state index in [1.54, 1.807) is 36.4 Å². The first kappa shape index (κ1) is 15.3. The zero-order chi connectivity index (χ0) is 15.1. The maximum Gasteiger partial charge on any atom is 0.250 e. The number of aromatic nitrogens is 1. The summed E-state index contributed by atoms with van der Waals surface area (Å²) >= 11 is 5.75. The lowest BCUT2D eigenvalue weighted by Gasteiger charge is -2.07. The molecule has 0 aliphatic carbocycles. The molecular formula is C15H15ClN2O3. The third-order valence-corrected chi connectivity index (χ3v) is 2.72. The van der Waals surface area contributed by atoms with E-state index in [9.17, 15) is 4.79 Å². The van der Waals surface area contributed by atoms with Gasteiger partial charge < -0.3 is 14.8 Å². The first-order valence-electron chi connectivity index (χ1n) is 6.44. The number of halogens is 1. The van der Waals surface area contributed by atoms with Crippen LogP contribution in [0.1, 0.15) is 6.92 Å². The molecule has 0 saturated carbocycles. The highest BCUT2D eigenvalue weighted by Gasteiger charge is 2.03. The number of pyridine rings is 1. The number of hydrogen-bond donors (Lipinski definition) is 1. The molecule has 1 aromatic carbocycles. The molecule has 0 spiro atoms. The van der Waals surface area contributed by atoms with Crippen LogP contribution in [0.15, 0.2) is 42.6 Å². The molecule has 0 aliphatic heterocycles. The summed E-state index contributed by atoms with van der Waals surface area (Å²) in [5.74, 6) is 0.880. The van der Waals surface area contributed by atoms with Crippen molar-refractivity contribution in [2.45, 2.75) is 6.92 Å². The van der Waals surface area contributed by atoms with Gasteiger partial charge in [-0.15, -0.1) is 0 Å². The van der Waals surface area contributed by atoms with Gasteiger partial charge >= 0.3 is 0 Å². The summed E-state index contributed by atoms with van der Waals surface area (Å²) in [5.41, 5.74) is 0.677. The Kier molecular flexibility index (Phi) is 5.54. The summed E-state index contributed by atoms with van der Waals surface area (Å²) in [5, 5.41) is 3.27. The third-order valence-electron chi connectivity index (χ3n) is 2.50. The zero-order valence-corrected chi connectivity index (χ0v) is 12.3. The first-order valence-corrected chi connectivity index (χ1v) is 6.82. The molecule has 2 aromatic rings. The fourth-order valence-corrected chi connectivity index (χ4v) is 1.65. The molecule has 0 aliphatic rings. The van der Waals surface area contributed by atoms with E-state index in [0.29, 0.717) is 28.9 Å². The SMILES string of the molecule is CCOCC(=O)Nc1ccc(Oc2ccc(Cl)cn2)cc1. The average Bonchev–Trinajstić information content (AvgIpc) is 2.49. The van der Waals surface area contributed by atoms with E-state index in [1.165, 1.54) is 6.20 Å². The van der Waals surface area contributed by atoms with Crippen molar-refractivity contribution in [2.24, 2.45) is 0 Å². The van der Waals surface area contributed by atoms with Crippen molar-refractivity contribution in [3.05, 3.63) is 47.6 Å². The van der Waals surface area contributed by atoms with Crippen LogP contribution >= 0.6 is 11.6 Å². The monoisotopic (exact) mass is 306 g/mol. The Morgan fingerprint density at radius 2 is 2.00 bits per heavy atom. The Morgan fingerprint density at radius 1 is 1.24 bits per heavy atom. The molecule has 0 radical (unpaired) electrons. The van der Waals surface area contributed by atoms with Crippen LogP contribution in [0.2, 0.25) is 5.02 Å². The Morgan fingerprint density at radius 3 is 2.62 bits per heavy atom. The van der Waals surface area contributed by atoms with Crippen LogP contribution in [0.3, 0.4) is 0 Å². The van der Waals surface area contributed by atoms with E-state index in [-0.39, 0.29) is 12.5 Å². The molecule has 5 nitrogen and oxygen atoms in total. The van der Waals surface area contributed by atoms with Crippen molar-refractivity contribution in [2.75, 3.05) is 18.5 Å². The molecule has 0 unspecified atom stereocenters. The van der Waals surface area contributed by atoms with Crippen LogP contribution in [0.4, 0.5) is 5.69 Å². The number of rotatable bonds is 6. The molecule has 110 valence electrons. The van der Waals surface area contributed by atoms with Crippen molar-refractivity contribution in [3.8, 4) is 11.6 Å². The smallest absolute Gasteiger partial charge is 0.250 e.